The minimum atomic E-state index is -4.13. The molecule has 0 atom stereocenters. The van der Waals surface area contributed by atoms with E-state index in [1.165, 1.54) is 36.4 Å². The number of carbonyl (C=O) groups is 1. The van der Waals surface area contributed by atoms with Gasteiger partial charge in [0.2, 0.25) is 0 Å². The highest BCUT2D eigenvalue weighted by Crippen LogP contribution is 2.35. The number of aliphatic hydroxyl groups is 1. The van der Waals surface area contributed by atoms with Crippen molar-refractivity contribution in [1.29, 1.82) is 0 Å². The first kappa shape index (κ1) is 17.4. The Balaban J connectivity index is 2.02. The van der Waals surface area contributed by atoms with Crippen LogP contribution in [0.1, 0.15) is 5.69 Å². The number of para-hydroxylation sites is 1. The fourth-order valence-electron chi connectivity index (χ4n) is 3.08. The molecule has 5 nitrogen and oxygen atoms in total. The van der Waals surface area contributed by atoms with Gasteiger partial charge in [-0.3, -0.25) is 4.79 Å². The standard InChI is InChI=1S/C20H14FNO4S/c21-15-5-7-17(8-6-15)27(25,26)22-18-4-2-1-3-14(18)13-19(22)20(24)11-9-16(23)10-12-20/h1-13,24H. The van der Waals surface area contributed by atoms with Gasteiger partial charge in [-0.15, -0.1) is 0 Å². The number of fused-ring (bicyclic) bond motifs is 1. The lowest BCUT2D eigenvalue weighted by Gasteiger charge is -2.24. The molecule has 136 valence electrons. The van der Waals surface area contributed by atoms with E-state index >= 15 is 0 Å². The zero-order valence-corrected chi connectivity index (χ0v) is 14.7. The molecule has 1 heterocycles. The van der Waals surface area contributed by atoms with Crippen LogP contribution in [-0.4, -0.2) is 23.3 Å². The summed E-state index contributed by atoms with van der Waals surface area (Å²) < 4.78 is 40.9. The summed E-state index contributed by atoms with van der Waals surface area (Å²) in [4.78, 5) is 11.3. The normalized spacial score (nSPS) is 16.1. The second kappa shape index (κ2) is 6.00. The number of hydrogen-bond acceptors (Lipinski definition) is 4. The molecule has 1 N–H and O–H groups in total. The van der Waals surface area contributed by atoms with Crippen molar-refractivity contribution >= 4 is 26.7 Å². The molecule has 4 rings (SSSR count). The summed E-state index contributed by atoms with van der Waals surface area (Å²) in [6.07, 6.45) is 4.87. The van der Waals surface area contributed by atoms with Gasteiger partial charge in [0.25, 0.3) is 10.0 Å². The SMILES string of the molecule is O=C1C=CC(O)(c2cc3ccccc3n2S(=O)(=O)c2ccc(F)cc2)C=C1. The van der Waals surface area contributed by atoms with E-state index in [4.69, 9.17) is 0 Å². The van der Waals surface area contributed by atoms with Gasteiger partial charge in [0, 0.05) is 5.39 Å². The van der Waals surface area contributed by atoms with Crippen LogP contribution in [0.3, 0.4) is 0 Å². The second-order valence-electron chi connectivity index (χ2n) is 6.21. The van der Waals surface area contributed by atoms with Crippen LogP contribution in [0.5, 0.6) is 0 Å². The minimum Gasteiger partial charge on any atom is -0.376 e. The molecule has 0 saturated carbocycles. The molecule has 0 spiro atoms. The van der Waals surface area contributed by atoms with Gasteiger partial charge in [0.15, 0.2) is 5.78 Å². The van der Waals surface area contributed by atoms with Gasteiger partial charge < -0.3 is 5.11 Å². The lowest BCUT2D eigenvalue weighted by molar-refractivity contribution is -0.110. The average molecular weight is 383 g/mol. The third-order valence-electron chi connectivity index (χ3n) is 4.43. The average Bonchev–Trinajstić information content (AvgIpc) is 3.06. The highest BCUT2D eigenvalue weighted by Gasteiger charge is 2.34. The predicted octanol–water partition coefficient (Wildman–Crippen LogP) is 2.90. The smallest absolute Gasteiger partial charge is 0.268 e. The van der Waals surface area contributed by atoms with E-state index < -0.39 is 21.4 Å². The number of aromatic nitrogens is 1. The summed E-state index contributed by atoms with van der Waals surface area (Å²) in [6.45, 7) is 0. The molecule has 0 bridgehead atoms. The van der Waals surface area contributed by atoms with Crippen LogP contribution in [0.4, 0.5) is 4.39 Å². The molecule has 1 aliphatic carbocycles. The van der Waals surface area contributed by atoms with Gasteiger partial charge in [-0.1, -0.05) is 18.2 Å². The first-order chi connectivity index (χ1) is 12.8. The van der Waals surface area contributed by atoms with Crippen molar-refractivity contribution in [2.45, 2.75) is 10.5 Å². The Kier molecular flexibility index (Phi) is 3.87. The zero-order chi connectivity index (χ0) is 19.2. The molecule has 0 unspecified atom stereocenters. The number of hydrogen-bond donors (Lipinski definition) is 1. The molecule has 27 heavy (non-hydrogen) atoms. The zero-order valence-electron chi connectivity index (χ0n) is 13.9. The van der Waals surface area contributed by atoms with Gasteiger partial charge in [0.1, 0.15) is 11.4 Å². The number of carbonyl (C=O) groups excluding carboxylic acids is 1. The molecular weight excluding hydrogens is 369 g/mol. The van der Waals surface area contributed by atoms with E-state index in [2.05, 4.69) is 0 Å². The Labute approximate surface area is 154 Å². The number of rotatable bonds is 3. The van der Waals surface area contributed by atoms with Crippen molar-refractivity contribution in [3.8, 4) is 0 Å². The summed E-state index contributed by atoms with van der Waals surface area (Å²) in [7, 11) is -4.13. The number of ketones is 1. The van der Waals surface area contributed by atoms with Gasteiger partial charge in [0.05, 0.1) is 16.1 Å². The Morgan fingerprint density at radius 2 is 1.59 bits per heavy atom. The molecule has 1 aliphatic rings. The Morgan fingerprint density at radius 1 is 0.963 bits per heavy atom. The maximum atomic E-state index is 13.3. The van der Waals surface area contributed by atoms with E-state index in [0.717, 1.165) is 16.1 Å². The minimum absolute atomic E-state index is 0.0630. The van der Waals surface area contributed by atoms with Crippen molar-refractivity contribution in [3.63, 3.8) is 0 Å². The second-order valence-corrected chi connectivity index (χ2v) is 7.99. The topological polar surface area (TPSA) is 76.4 Å². The van der Waals surface area contributed by atoms with Crippen LogP contribution in [0.25, 0.3) is 10.9 Å². The third kappa shape index (κ3) is 2.81. The van der Waals surface area contributed by atoms with Gasteiger partial charge in [-0.05, 0) is 60.7 Å². The molecule has 3 aromatic rings. The third-order valence-corrected chi connectivity index (χ3v) is 6.17. The summed E-state index contributed by atoms with van der Waals surface area (Å²) >= 11 is 0. The quantitative estimate of drug-likeness (QED) is 0.755. The van der Waals surface area contributed by atoms with Gasteiger partial charge in [-0.2, -0.15) is 0 Å². The molecule has 0 aliphatic heterocycles. The lowest BCUT2D eigenvalue weighted by atomic mass is 9.94. The molecule has 0 radical (unpaired) electrons. The van der Waals surface area contributed by atoms with Crippen LogP contribution in [0.15, 0.2) is 83.8 Å². The van der Waals surface area contributed by atoms with E-state index in [0.29, 0.717) is 10.9 Å². The summed E-state index contributed by atoms with van der Waals surface area (Å²) in [5.74, 6) is -0.856. The van der Waals surface area contributed by atoms with E-state index in [1.807, 2.05) is 0 Å². The molecule has 2 aromatic carbocycles. The number of halogens is 1. The van der Waals surface area contributed by atoms with Gasteiger partial charge in [-0.25, -0.2) is 16.8 Å². The number of nitrogens with zero attached hydrogens (tertiary/aromatic N) is 1. The van der Waals surface area contributed by atoms with Crippen LogP contribution in [0.2, 0.25) is 0 Å². The van der Waals surface area contributed by atoms with Crippen LogP contribution >= 0.6 is 0 Å². The monoisotopic (exact) mass is 383 g/mol. The summed E-state index contributed by atoms with van der Waals surface area (Å²) in [5.41, 5.74) is -1.35. The van der Waals surface area contributed by atoms with Crippen LogP contribution < -0.4 is 0 Å². The first-order valence-electron chi connectivity index (χ1n) is 8.08. The van der Waals surface area contributed by atoms with Crippen LogP contribution in [0, 0.1) is 5.82 Å². The largest absolute Gasteiger partial charge is 0.376 e. The first-order valence-corrected chi connectivity index (χ1v) is 9.52. The van der Waals surface area contributed by atoms with Crippen molar-refractivity contribution < 1.29 is 22.7 Å². The molecule has 0 amide bonds. The van der Waals surface area contributed by atoms with E-state index in [1.54, 1.807) is 30.3 Å². The Morgan fingerprint density at radius 3 is 2.26 bits per heavy atom. The fourth-order valence-corrected chi connectivity index (χ4v) is 4.65. The van der Waals surface area contributed by atoms with Crippen molar-refractivity contribution in [1.82, 2.24) is 3.97 Å². The highest BCUT2D eigenvalue weighted by molar-refractivity contribution is 7.90. The van der Waals surface area contributed by atoms with E-state index in [9.17, 15) is 22.7 Å². The summed E-state index contributed by atoms with van der Waals surface area (Å²) in [5, 5.41) is 11.6. The van der Waals surface area contributed by atoms with Crippen molar-refractivity contribution in [3.05, 3.63) is 90.4 Å². The number of benzene rings is 2. The van der Waals surface area contributed by atoms with Crippen molar-refractivity contribution in [2.24, 2.45) is 0 Å². The Bertz CT molecular complexity index is 1200. The maximum absolute atomic E-state index is 13.3. The fraction of sp³-hybridized carbons (Fsp3) is 0.0500. The lowest BCUT2D eigenvalue weighted by Crippen LogP contribution is -2.29. The van der Waals surface area contributed by atoms with Gasteiger partial charge >= 0.3 is 0 Å². The number of allylic oxidation sites excluding steroid dienone is 2. The van der Waals surface area contributed by atoms with Crippen molar-refractivity contribution in [2.75, 3.05) is 0 Å². The maximum Gasteiger partial charge on any atom is 0.268 e. The molecule has 0 saturated heterocycles. The van der Waals surface area contributed by atoms with E-state index in [-0.39, 0.29) is 16.4 Å². The van der Waals surface area contributed by atoms with Crippen LogP contribution in [-0.2, 0) is 20.4 Å². The molecular formula is C20H14FNO4S. The molecule has 0 fully saturated rings. The highest BCUT2D eigenvalue weighted by atomic mass is 32.2. The Hall–Kier alpha value is -3.03. The predicted molar refractivity (Wildman–Crippen MR) is 98.1 cm³/mol. The molecule has 7 heteroatoms. The summed E-state index contributed by atoms with van der Waals surface area (Å²) in [6, 6.07) is 12.8. The molecule has 1 aromatic heterocycles.